The molecule has 1 aromatic carbocycles. The van der Waals surface area contributed by atoms with Crippen LogP contribution in [0.3, 0.4) is 0 Å². The molecule has 0 saturated carbocycles. The van der Waals surface area contributed by atoms with Gasteiger partial charge in [-0.15, -0.1) is 0 Å². The lowest BCUT2D eigenvalue weighted by Gasteiger charge is -2.22. The highest BCUT2D eigenvalue weighted by Crippen LogP contribution is 2.18. The molecule has 3 aromatic heterocycles. The number of aromatic nitrogens is 4. The normalized spacial score (nSPS) is 11.3. The minimum Gasteiger partial charge on any atom is -0.336 e. The molecule has 0 bridgehead atoms. The van der Waals surface area contributed by atoms with E-state index in [0.29, 0.717) is 18.8 Å². The molecule has 160 valence electrons. The third-order valence-corrected chi connectivity index (χ3v) is 5.47. The van der Waals surface area contributed by atoms with E-state index in [1.54, 1.807) is 11.1 Å². The summed E-state index contributed by atoms with van der Waals surface area (Å²) in [4.78, 5) is 22.1. The predicted octanol–water partition coefficient (Wildman–Crippen LogP) is 3.33. The first-order valence-corrected chi connectivity index (χ1v) is 10.6. The van der Waals surface area contributed by atoms with Crippen molar-refractivity contribution in [2.24, 2.45) is 0 Å². The molecule has 0 fully saturated rings. The molecule has 4 rings (SSSR count). The Balaban J connectivity index is 1.58. The smallest absolute Gasteiger partial charge is 0.274 e. The average molecular weight is 417 g/mol. The minimum atomic E-state index is -0.0642. The van der Waals surface area contributed by atoms with Crippen LogP contribution in [0.4, 0.5) is 0 Å². The van der Waals surface area contributed by atoms with Crippen molar-refractivity contribution in [1.82, 2.24) is 29.0 Å². The first-order valence-electron chi connectivity index (χ1n) is 10.6. The van der Waals surface area contributed by atoms with Gasteiger partial charge in [0, 0.05) is 45.3 Å². The Hall–Kier alpha value is -3.45. The highest BCUT2D eigenvalue weighted by molar-refractivity contribution is 5.94. The van der Waals surface area contributed by atoms with Crippen LogP contribution >= 0.6 is 0 Å². The van der Waals surface area contributed by atoms with Gasteiger partial charge in [-0.05, 0) is 30.3 Å². The third-order valence-electron chi connectivity index (χ3n) is 5.47. The molecule has 0 saturated heterocycles. The molecule has 0 N–H and O–H groups in total. The second-order valence-corrected chi connectivity index (χ2v) is 7.62. The van der Waals surface area contributed by atoms with Gasteiger partial charge in [-0.2, -0.15) is 5.10 Å². The van der Waals surface area contributed by atoms with Crippen LogP contribution in [0.5, 0.6) is 0 Å². The predicted molar refractivity (Wildman–Crippen MR) is 121 cm³/mol. The molecule has 0 atom stereocenters. The second kappa shape index (κ2) is 9.57. The van der Waals surface area contributed by atoms with Crippen molar-refractivity contribution in [2.45, 2.75) is 26.6 Å². The van der Waals surface area contributed by atoms with Gasteiger partial charge in [0.2, 0.25) is 0 Å². The molecule has 0 aliphatic heterocycles. The highest BCUT2D eigenvalue weighted by atomic mass is 16.2. The molecule has 7 heteroatoms. The number of pyridine rings is 1. The summed E-state index contributed by atoms with van der Waals surface area (Å²) in [5.74, 6) is -0.0642. The first-order chi connectivity index (χ1) is 15.2. The Bertz CT molecular complexity index is 1120. The van der Waals surface area contributed by atoms with Gasteiger partial charge < -0.3 is 9.30 Å². The fourth-order valence-corrected chi connectivity index (χ4v) is 3.72. The SMILES string of the molecule is CCN(CCn1cccn1)Cc1c(C(=O)N(C)Cc2ccccc2)nc2ccccn12. The lowest BCUT2D eigenvalue weighted by molar-refractivity contribution is 0.0777. The van der Waals surface area contributed by atoms with Crippen LogP contribution in [0, 0.1) is 0 Å². The lowest BCUT2D eigenvalue weighted by Crippen LogP contribution is -2.31. The number of likely N-dealkylation sites (N-methyl/N-ethyl adjacent to an activating group) is 1. The van der Waals surface area contributed by atoms with Crippen molar-refractivity contribution in [3.8, 4) is 0 Å². The zero-order valence-corrected chi connectivity index (χ0v) is 18.1. The molecule has 0 aliphatic rings. The van der Waals surface area contributed by atoms with Gasteiger partial charge in [0.05, 0.1) is 12.2 Å². The Labute approximate surface area is 182 Å². The van der Waals surface area contributed by atoms with Crippen molar-refractivity contribution >= 4 is 11.6 Å². The Morgan fingerprint density at radius 2 is 1.81 bits per heavy atom. The van der Waals surface area contributed by atoms with E-state index in [0.717, 1.165) is 36.5 Å². The summed E-state index contributed by atoms with van der Waals surface area (Å²) in [5.41, 5.74) is 3.32. The zero-order chi connectivity index (χ0) is 21.6. The maximum absolute atomic E-state index is 13.4. The number of hydrogen-bond donors (Lipinski definition) is 0. The molecule has 0 unspecified atom stereocenters. The number of nitrogens with zero attached hydrogens (tertiary/aromatic N) is 6. The van der Waals surface area contributed by atoms with E-state index < -0.39 is 0 Å². The monoisotopic (exact) mass is 416 g/mol. The van der Waals surface area contributed by atoms with Crippen molar-refractivity contribution in [1.29, 1.82) is 0 Å². The van der Waals surface area contributed by atoms with E-state index in [1.165, 1.54) is 0 Å². The van der Waals surface area contributed by atoms with Gasteiger partial charge in [0.15, 0.2) is 5.69 Å². The zero-order valence-electron chi connectivity index (χ0n) is 18.1. The molecule has 31 heavy (non-hydrogen) atoms. The number of amides is 1. The van der Waals surface area contributed by atoms with E-state index in [9.17, 15) is 4.79 Å². The minimum absolute atomic E-state index is 0.0642. The summed E-state index contributed by atoms with van der Waals surface area (Å²) in [6.45, 7) is 5.83. The number of rotatable bonds is 9. The van der Waals surface area contributed by atoms with E-state index in [-0.39, 0.29) is 5.91 Å². The first kappa shape index (κ1) is 20.8. The van der Waals surface area contributed by atoms with E-state index >= 15 is 0 Å². The third kappa shape index (κ3) is 4.83. The van der Waals surface area contributed by atoms with Crippen LogP contribution in [-0.4, -0.2) is 55.0 Å². The van der Waals surface area contributed by atoms with Crippen LogP contribution in [0.2, 0.25) is 0 Å². The summed E-state index contributed by atoms with van der Waals surface area (Å²) in [6.07, 6.45) is 5.74. The Morgan fingerprint density at radius 1 is 1.00 bits per heavy atom. The molecule has 3 heterocycles. The number of fused-ring (bicyclic) bond motifs is 1. The fourth-order valence-electron chi connectivity index (χ4n) is 3.72. The number of imidazole rings is 1. The molecular formula is C24H28N6O. The molecule has 7 nitrogen and oxygen atoms in total. The van der Waals surface area contributed by atoms with Crippen molar-refractivity contribution in [3.63, 3.8) is 0 Å². The number of carbonyl (C=O) groups excluding carboxylic acids is 1. The van der Waals surface area contributed by atoms with E-state index in [2.05, 4.69) is 16.9 Å². The summed E-state index contributed by atoms with van der Waals surface area (Å²) in [6, 6.07) is 17.8. The number of hydrogen-bond acceptors (Lipinski definition) is 4. The molecule has 1 amide bonds. The average Bonchev–Trinajstić information content (AvgIpc) is 3.44. The van der Waals surface area contributed by atoms with Crippen molar-refractivity contribution in [2.75, 3.05) is 20.1 Å². The second-order valence-electron chi connectivity index (χ2n) is 7.62. The Kier molecular flexibility index (Phi) is 6.43. The Morgan fingerprint density at radius 3 is 2.55 bits per heavy atom. The summed E-state index contributed by atoms with van der Waals surface area (Å²) in [5, 5.41) is 4.29. The highest BCUT2D eigenvalue weighted by Gasteiger charge is 2.23. The van der Waals surface area contributed by atoms with E-state index in [4.69, 9.17) is 4.98 Å². The largest absolute Gasteiger partial charge is 0.336 e. The van der Waals surface area contributed by atoms with Gasteiger partial charge in [-0.3, -0.25) is 14.4 Å². The molecule has 0 spiro atoms. The van der Waals surface area contributed by atoms with Gasteiger partial charge in [0.25, 0.3) is 5.91 Å². The molecular weight excluding hydrogens is 388 g/mol. The van der Waals surface area contributed by atoms with Gasteiger partial charge >= 0.3 is 0 Å². The summed E-state index contributed by atoms with van der Waals surface area (Å²) < 4.78 is 3.96. The van der Waals surface area contributed by atoms with E-state index in [1.807, 2.05) is 83.1 Å². The van der Waals surface area contributed by atoms with Crippen molar-refractivity contribution in [3.05, 3.63) is 90.1 Å². The maximum Gasteiger partial charge on any atom is 0.274 e. The van der Waals surface area contributed by atoms with Crippen LogP contribution in [0.25, 0.3) is 5.65 Å². The molecule has 0 aliphatic carbocycles. The van der Waals surface area contributed by atoms with Crippen LogP contribution in [0.1, 0.15) is 28.7 Å². The summed E-state index contributed by atoms with van der Waals surface area (Å²) in [7, 11) is 1.83. The van der Waals surface area contributed by atoms with Crippen LogP contribution in [-0.2, 0) is 19.6 Å². The standard InChI is InChI=1S/C24H28N6O/c1-3-28(16-17-29-14-9-13-25-29)19-21-23(26-22-12-7-8-15-30(21)22)24(31)27(2)18-20-10-5-4-6-11-20/h4-15H,3,16-19H2,1-2H3. The number of benzene rings is 1. The van der Waals surface area contributed by atoms with Gasteiger partial charge in [0.1, 0.15) is 5.65 Å². The van der Waals surface area contributed by atoms with Gasteiger partial charge in [-0.25, -0.2) is 4.98 Å². The topological polar surface area (TPSA) is 58.7 Å². The molecule has 4 aromatic rings. The van der Waals surface area contributed by atoms with Crippen LogP contribution < -0.4 is 0 Å². The lowest BCUT2D eigenvalue weighted by atomic mass is 10.2. The summed E-state index contributed by atoms with van der Waals surface area (Å²) >= 11 is 0. The van der Waals surface area contributed by atoms with Crippen molar-refractivity contribution < 1.29 is 4.79 Å². The van der Waals surface area contributed by atoms with Crippen LogP contribution in [0.15, 0.2) is 73.2 Å². The van der Waals surface area contributed by atoms with Gasteiger partial charge in [-0.1, -0.05) is 43.3 Å². The molecule has 0 radical (unpaired) electrons. The number of carbonyl (C=O) groups is 1. The fraction of sp³-hybridized carbons (Fsp3) is 0.292. The maximum atomic E-state index is 13.4. The quantitative estimate of drug-likeness (QED) is 0.420.